The minimum Gasteiger partial charge on any atom is -0.291 e. The van der Waals surface area contributed by atoms with E-state index in [1.54, 1.807) is 25.1 Å². The van der Waals surface area contributed by atoms with E-state index in [9.17, 15) is 9.59 Å². The molecule has 1 heterocycles. The Labute approximate surface area is 94.1 Å². The van der Waals surface area contributed by atoms with Crippen LogP contribution in [0, 0.1) is 11.8 Å². The molecule has 2 rings (SSSR count). The molecule has 1 aliphatic rings. The number of hydrogen-bond acceptors (Lipinski definition) is 2. The summed E-state index contributed by atoms with van der Waals surface area (Å²) >= 11 is 0. The standard InChI is InChI=1S/C13H11NO2/c1-3-6-9(2)14-11-8-5-4-7-10(11)12(15)13(14)16/h4-5,7-9H,1-2H3. The van der Waals surface area contributed by atoms with Crippen LogP contribution in [0.25, 0.3) is 0 Å². The molecule has 80 valence electrons. The van der Waals surface area contributed by atoms with Crippen molar-refractivity contribution >= 4 is 17.4 Å². The smallest absolute Gasteiger partial charge is 0.291 e. The molecule has 0 aromatic heterocycles. The number of fused-ring (bicyclic) bond motifs is 1. The van der Waals surface area contributed by atoms with Gasteiger partial charge in [0.15, 0.2) is 0 Å². The third-order valence-corrected chi connectivity index (χ3v) is 2.56. The molecule has 3 heteroatoms. The molecule has 0 saturated heterocycles. The summed E-state index contributed by atoms with van der Waals surface area (Å²) in [6.07, 6.45) is 0. The number of carbonyl (C=O) groups excluding carboxylic acids is 2. The molecule has 1 atom stereocenters. The second kappa shape index (κ2) is 3.82. The van der Waals surface area contributed by atoms with Crippen molar-refractivity contribution in [3.63, 3.8) is 0 Å². The number of benzene rings is 1. The molecule has 1 aromatic carbocycles. The second-order valence-corrected chi connectivity index (χ2v) is 3.59. The van der Waals surface area contributed by atoms with Crippen molar-refractivity contribution in [2.24, 2.45) is 0 Å². The number of Topliss-reactive ketones (excluding diaryl/α,β-unsaturated/α-hetero) is 1. The van der Waals surface area contributed by atoms with Crippen LogP contribution in [0.2, 0.25) is 0 Å². The quantitative estimate of drug-likeness (QED) is 0.525. The Morgan fingerprint density at radius 2 is 1.94 bits per heavy atom. The fourth-order valence-corrected chi connectivity index (χ4v) is 1.87. The summed E-state index contributed by atoms with van der Waals surface area (Å²) in [5.41, 5.74) is 1.13. The van der Waals surface area contributed by atoms with Crippen molar-refractivity contribution < 1.29 is 9.59 Å². The molecular weight excluding hydrogens is 202 g/mol. The number of amides is 1. The van der Waals surface area contributed by atoms with Gasteiger partial charge in [-0.3, -0.25) is 14.5 Å². The zero-order valence-corrected chi connectivity index (χ0v) is 9.15. The van der Waals surface area contributed by atoms with Gasteiger partial charge >= 0.3 is 5.91 Å². The Morgan fingerprint density at radius 3 is 2.62 bits per heavy atom. The van der Waals surface area contributed by atoms with Gasteiger partial charge in [-0.05, 0) is 26.0 Å². The van der Waals surface area contributed by atoms with Crippen molar-refractivity contribution in [2.45, 2.75) is 19.9 Å². The summed E-state index contributed by atoms with van der Waals surface area (Å²) in [5.74, 6) is 4.70. The average Bonchev–Trinajstić information content (AvgIpc) is 2.53. The van der Waals surface area contributed by atoms with E-state index in [0.29, 0.717) is 11.3 Å². The number of ketones is 1. The van der Waals surface area contributed by atoms with Crippen LogP contribution in [0.5, 0.6) is 0 Å². The average molecular weight is 213 g/mol. The van der Waals surface area contributed by atoms with Crippen molar-refractivity contribution in [3.05, 3.63) is 29.8 Å². The zero-order chi connectivity index (χ0) is 11.7. The monoisotopic (exact) mass is 213 g/mol. The minimum atomic E-state index is -0.489. The molecular formula is C13H11NO2. The van der Waals surface area contributed by atoms with Crippen molar-refractivity contribution in [1.82, 2.24) is 0 Å². The minimum absolute atomic E-state index is 0.273. The Kier molecular flexibility index (Phi) is 2.49. The highest BCUT2D eigenvalue weighted by Crippen LogP contribution is 2.29. The SMILES string of the molecule is CC#CC(C)N1C(=O)C(=O)c2ccccc21. The van der Waals surface area contributed by atoms with Gasteiger partial charge in [0.2, 0.25) is 0 Å². The van der Waals surface area contributed by atoms with Gasteiger partial charge in [-0.15, -0.1) is 5.92 Å². The van der Waals surface area contributed by atoms with Gasteiger partial charge in [-0.25, -0.2) is 0 Å². The Bertz CT molecular complexity index is 522. The first kappa shape index (κ1) is 10.4. The van der Waals surface area contributed by atoms with Gasteiger partial charge in [0.25, 0.3) is 5.78 Å². The van der Waals surface area contributed by atoms with Crippen LogP contribution in [0.4, 0.5) is 5.69 Å². The molecule has 16 heavy (non-hydrogen) atoms. The van der Waals surface area contributed by atoms with Crippen molar-refractivity contribution in [3.8, 4) is 11.8 Å². The van der Waals surface area contributed by atoms with Crippen LogP contribution in [-0.2, 0) is 4.79 Å². The van der Waals surface area contributed by atoms with Crippen molar-refractivity contribution in [1.29, 1.82) is 0 Å². The van der Waals surface area contributed by atoms with Gasteiger partial charge in [0, 0.05) is 0 Å². The Morgan fingerprint density at radius 1 is 1.25 bits per heavy atom. The first-order valence-electron chi connectivity index (χ1n) is 5.06. The number of nitrogens with zero attached hydrogens (tertiary/aromatic N) is 1. The molecule has 0 fully saturated rings. The maximum atomic E-state index is 11.8. The topological polar surface area (TPSA) is 37.4 Å². The number of rotatable bonds is 1. The summed E-state index contributed by atoms with van der Waals surface area (Å²) < 4.78 is 0. The van der Waals surface area contributed by atoms with Crippen LogP contribution >= 0.6 is 0 Å². The van der Waals surface area contributed by atoms with E-state index in [4.69, 9.17) is 0 Å². The number of hydrogen-bond donors (Lipinski definition) is 0. The molecule has 1 aliphatic heterocycles. The molecule has 0 saturated carbocycles. The molecule has 0 radical (unpaired) electrons. The van der Waals surface area contributed by atoms with Crippen LogP contribution < -0.4 is 4.90 Å². The lowest BCUT2D eigenvalue weighted by Crippen LogP contribution is -2.36. The number of carbonyl (C=O) groups is 2. The maximum Gasteiger partial charge on any atom is 0.300 e. The van der Waals surface area contributed by atoms with Crippen LogP contribution in [0.15, 0.2) is 24.3 Å². The fourth-order valence-electron chi connectivity index (χ4n) is 1.87. The molecule has 3 nitrogen and oxygen atoms in total. The molecule has 0 bridgehead atoms. The molecule has 1 amide bonds. The predicted octanol–water partition coefficient (Wildman–Crippen LogP) is 1.63. The Balaban J connectivity index is 2.52. The van der Waals surface area contributed by atoms with Gasteiger partial charge in [-0.1, -0.05) is 18.1 Å². The second-order valence-electron chi connectivity index (χ2n) is 3.59. The zero-order valence-electron chi connectivity index (χ0n) is 9.15. The molecule has 0 N–H and O–H groups in total. The first-order valence-corrected chi connectivity index (χ1v) is 5.06. The van der Waals surface area contributed by atoms with E-state index in [1.165, 1.54) is 4.90 Å². The third-order valence-electron chi connectivity index (χ3n) is 2.56. The van der Waals surface area contributed by atoms with Crippen LogP contribution in [0.3, 0.4) is 0 Å². The first-order chi connectivity index (χ1) is 7.66. The summed E-state index contributed by atoms with van der Waals surface area (Å²) in [7, 11) is 0. The van der Waals surface area contributed by atoms with E-state index < -0.39 is 11.7 Å². The van der Waals surface area contributed by atoms with E-state index in [-0.39, 0.29) is 6.04 Å². The van der Waals surface area contributed by atoms with Gasteiger partial charge < -0.3 is 0 Å². The highest BCUT2D eigenvalue weighted by atomic mass is 16.2. The molecule has 0 spiro atoms. The van der Waals surface area contributed by atoms with E-state index in [2.05, 4.69) is 11.8 Å². The van der Waals surface area contributed by atoms with Crippen molar-refractivity contribution in [2.75, 3.05) is 4.90 Å². The van der Waals surface area contributed by atoms with Crippen LogP contribution in [-0.4, -0.2) is 17.7 Å². The van der Waals surface area contributed by atoms with E-state index >= 15 is 0 Å². The lowest BCUT2D eigenvalue weighted by Gasteiger charge is -2.19. The lowest BCUT2D eigenvalue weighted by atomic mass is 10.1. The summed E-state index contributed by atoms with van der Waals surface area (Å²) in [6, 6.07) is 6.73. The Hall–Kier alpha value is -2.08. The summed E-state index contributed by atoms with van der Waals surface area (Å²) in [5, 5.41) is 0. The molecule has 0 aliphatic carbocycles. The van der Waals surface area contributed by atoms with Crippen LogP contribution in [0.1, 0.15) is 24.2 Å². The van der Waals surface area contributed by atoms with Gasteiger partial charge in [0.1, 0.15) is 0 Å². The van der Waals surface area contributed by atoms with Gasteiger partial charge in [-0.2, -0.15) is 0 Å². The largest absolute Gasteiger partial charge is 0.300 e. The summed E-state index contributed by atoms with van der Waals surface area (Å²) in [4.78, 5) is 24.9. The van der Waals surface area contributed by atoms with E-state index in [0.717, 1.165) is 0 Å². The molecule has 1 aromatic rings. The van der Waals surface area contributed by atoms with Gasteiger partial charge in [0.05, 0.1) is 17.3 Å². The predicted molar refractivity (Wildman–Crippen MR) is 61.2 cm³/mol. The highest BCUT2D eigenvalue weighted by Gasteiger charge is 2.37. The fraction of sp³-hybridized carbons (Fsp3) is 0.231. The highest BCUT2D eigenvalue weighted by molar-refractivity contribution is 6.52. The number of para-hydroxylation sites is 1. The lowest BCUT2D eigenvalue weighted by molar-refractivity contribution is -0.114. The third kappa shape index (κ3) is 1.40. The summed E-state index contributed by atoms with van der Waals surface area (Å²) in [6.45, 7) is 3.52. The number of anilines is 1. The normalized spacial score (nSPS) is 15.5. The van der Waals surface area contributed by atoms with E-state index in [1.807, 2.05) is 13.0 Å². The maximum absolute atomic E-state index is 11.8. The molecule has 1 unspecified atom stereocenters.